The number of hydrogen-bond acceptors (Lipinski definition) is 1. The third-order valence-corrected chi connectivity index (χ3v) is 4.58. The van der Waals surface area contributed by atoms with Gasteiger partial charge in [-0.2, -0.15) is 4.57 Å². The molecule has 2 heterocycles. The first-order valence-electron chi connectivity index (χ1n) is 6.93. The Balaban J connectivity index is 1.99. The number of piperidine rings is 1. The number of aryl methyl sites for hydroxylation is 1. The van der Waals surface area contributed by atoms with Crippen molar-refractivity contribution in [1.82, 2.24) is 9.47 Å². The van der Waals surface area contributed by atoms with Crippen molar-refractivity contribution in [3.8, 4) is 0 Å². The fourth-order valence-corrected chi connectivity index (χ4v) is 2.86. The van der Waals surface area contributed by atoms with Gasteiger partial charge in [-0.15, -0.1) is 0 Å². The van der Waals surface area contributed by atoms with Crippen molar-refractivity contribution in [2.75, 3.05) is 13.1 Å². The van der Waals surface area contributed by atoms with Gasteiger partial charge in [0.2, 0.25) is 0 Å². The number of rotatable bonds is 2. The van der Waals surface area contributed by atoms with Gasteiger partial charge in [-0.1, -0.05) is 26.7 Å². The Bertz CT molecular complexity index is 410. The molecule has 1 aromatic rings. The molecular formula is C14H24N3O+. The van der Waals surface area contributed by atoms with E-state index in [9.17, 15) is 4.79 Å². The fraction of sp³-hybridized carbons (Fsp3) is 0.714. The van der Waals surface area contributed by atoms with Crippen molar-refractivity contribution < 1.29 is 9.36 Å². The van der Waals surface area contributed by atoms with Crippen LogP contribution < -0.4 is 4.57 Å². The highest BCUT2D eigenvalue weighted by molar-refractivity contribution is 5.76. The van der Waals surface area contributed by atoms with E-state index in [1.54, 1.807) is 4.57 Å². The maximum atomic E-state index is 12.3. The van der Waals surface area contributed by atoms with Crippen LogP contribution in [0.15, 0.2) is 18.7 Å². The third-order valence-electron chi connectivity index (χ3n) is 4.58. The van der Waals surface area contributed by atoms with Gasteiger partial charge in [-0.25, -0.2) is 9.36 Å². The molecule has 4 nitrogen and oxygen atoms in total. The third kappa shape index (κ3) is 2.42. The van der Waals surface area contributed by atoms with E-state index in [-0.39, 0.29) is 6.03 Å². The minimum atomic E-state index is 0.108. The first-order chi connectivity index (χ1) is 8.60. The minimum absolute atomic E-state index is 0.108. The molecule has 0 bridgehead atoms. The van der Waals surface area contributed by atoms with Gasteiger partial charge in [0.1, 0.15) is 12.4 Å². The Morgan fingerprint density at radius 1 is 1.28 bits per heavy atom. The maximum Gasteiger partial charge on any atom is 0.415 e. The molecule has 0 aromatic carbocycles. The predicted octanol–water partition coefficient (Wildman–Crippen LogP) is 2.18. The zero-order chi connectivity index (χ0) is 13.2. The van der Waals surface area contributed by atoms with Crippen molar-refractivity contribution in [2.24, 2.45) is 12.5 Å². The SMILES string of the molecule is CCC1(CC)CCN(C(=O)n2cc[n+](C)c2)CC1. The number of carbonyl (C=O) groups excluding carboxylic acids is 1. The second kappa shape index (κ2) is 5.12. The van der Waals surface area contributed by atoms with Crippen LogP contribution in [0.2, 0.25) is 0 Å². The Morgan fingerprint density at radius 2 is 1.89 bits per heavy atom. The van der Waals surface area contributed by atoms with Gasteiger partial charge in [0.25, 0.3) is 6.33 Å². The van der Waals surface area contributed by atoms with E-state index >= 15 is 0 Å². The first-order valence-corrected chi connectivity index (χ1v) is 6.93. The van der Waals surface area contributed by atoms with Crippen LogP contribution in [-0.4, -0.2) is 28.6 Å². The summed E-state index contributed by atoms with van der Waals surface area (Å²) in [5.41, 5.74) is 0.470. The van der Waals surface area contributed by atoms with E-state index in [1.165, 1.54) is 12.8 Å². The maximum absolute atomic E-state index is 12.3. The highest BCUT2D eigenvalue weighted by atomic mass is 16.2. The molecule has 0 radical (unpaired) electrons. The van der Waals surface area contributed by atoms with Crippen molar-refractivity contribution in [1.29, 1.82) is 0 Å². The number of amides is 1. The number of hydrogen-bond donors (Lipinski definition) is 0. The van der Waals surface area contributed by atoms with Gasteiger partial charge in [-0.3, -0.25) is 0 Å². The van der Waals surface area contributed by atoms with E-state index < -0.39 is 0 Å². The first kappa shape index (κ1) is 13.1. The van der Waals surface area contributed by atoms with Gasteiger partial charge in [0.15, 0.2) is 0 Å². The summed E-state index contributed by atoms with van der Waals surface area (Å²) in [5, 5.41) is 0. The van der Waals surface area contributed by atoms with Gasteiger partial charge < -0.3 is 4.90 Å². The molecule has 1 aliphatic heterocycles. The van der Waals surface area contributed by atoms with Crippen LogP contribution >= 0.6 is 0 Å². The molecule has 0 N–H and O–H groups in total. The topological polar surface area (TPSA) is 29.1 Å². The molecule has 2 rings (SSSR count). The minimum Gasteiger partial charge on any atom is -0.304 e. The predicted molar refractivity (Wildman–Crippen MR) is 70.2 cm³/mol. The summed E-state index contributed by atoms with van der Waals surface area (Å²) in [7, 11) is 1.93. The van der Waals surface area contributed by atoms with Gasteiger partial charge in [0, 0.05) is 13.1 Å². The molecule has 1 amide bonds. The fourth-order valence-electron chi connectivity index (χ4n) is 2.86. The Labute approximate surface area is 109 Å². The van der Waals surface area contributed by atoms with Crippen molar-refractivity contribution in [3.05, 3.63) is 18.7 Å². The lowest BCUT2D eigenvalue weighted by Crippen LogP contribution is -2.44. The molecule has 0 atom stereocenters. The van der Waals surface area contributed by atoms with E-state index in [0.29, 0.717) is 5.41 Å². The molecular weight excluding hydrogens is 226 g/mol. The number of imidazole rings is 1. The molecule has 100 valence electrons. The van der Waals surface area contributed by atoms with Crippen molar-refractivity contribution in [2.45, 2.75) is 39.5 Å². The quantitative estimate of drug-likeness (QED) is 0.740. The summed E-state index contributed by atoms with van der Waals surface area (Å²) in [6.07, 6.45) is 10.3. The average molecular weight is 250 g/mol. The summed E-state index contributed by atoms with van der Waals surface area (Å²) >= 11 is 0. The van der Waals surface area contributed by atoms with Gasteiger partial charge in [0.05, 0.1) is 7.05 Å². The van der Waals surface area contributed by atoms with Crippen LogP contribution in [0.5, 0.6) is 0 Å². The molecule has 1 saturated heterocycles. The van der Waals surface area contributed by atoms with E-state index in [4.69, 9.17) is 0 Å². The lowest BCUT2D eigenvalue weighted by molar-refractivity contribution is -0.670. The molecule has 0 unspecified atom stereocenters. The lowest BCUT2D eigenvalue weighted by atomic mass is 9.74. The number of carbonyl (C=O) groups is 1. The van der Waals surface area contributed by atoms with Crippen molar-refractivity contribution >= 4 is 6.03 Å². The summed E-state index contributed by atoms with van der Waals surface area (Å²) in [4.78, 5) is 14.3. The van der Waals surface area contributed by atoms with Crippen LogP contribution in [0, 0.1) is 5.41 Å². The summed E-state index contributed by atoms with van der Waals surface area (Å²) in [5.74, 6) is 0. The summed E-state index contributed by atoms with van der Waals surface area (Å²) in [6.45, 7) is 6.32. The molecule has 1 fully saturated rings. The molecule has 18 heavy (non-hydrogen) atoms. The van der Waals surface area contributed by atoms with Crippen LogP contribution in [0.1, 0.15) is 39.5 Å². The Hall–Kier alpha value is -1.32. The van der Waals surface area contributed by atoms with Crippen LogP contribution in [0.4, 0.5) is 4.79 Å². The molecule has 1 aromatic heterocycles. The second-order valence-electron chi connectivity index (χ2n) is 5.46. The molecule has 0 saturated carbocycles. The molecule has 0 aliphatic carbocycles. The lowest BCUT2D eigenvalue weighted by Gasteiger charge is -2.40. The Morgan fingerprint density at radius 3 is 2.33 bits per heavy atom. The van der Waals surface area contributed by atoms with Crippen LogP contribution in [0.25, 0.3) is 0 Å². The molecule has 0 spiro atoms. The van der Waals surface area contributed by atoms with Crippen molar-refractivity contribution in [3.63, 3.8) is 0 Å². The summed E-state index contributed by atoms with van der Waals surface area (Å²) in [6, 6.07) is 0.108. The average Bonchev–Trinajstić information content (AvgIpc) is 2.85. The molecule has 4 heteroatoms. The highest BCUT2D eigenvalue weighted by Crippen LogP contribution is 2.37. The number of likely N-dealkylation sites (tertiary alicyclic amines) is 1. The number of aromatic nitrogens is 2. The van der Waals surface area contributed by atoms with E-state index in [1.807, 2.05) is 35.2 Å². The molecule has 1 aliphatic rings. The van der Waals surface area contributed by atoms with Crippen LogP contribution in [-0.2, 0) is 7.05 Å². The van der Waals surface area contributed by atoms with E-state index in [0.717, 1.165) is 25.9 Å². The Kier molecular flexibility index (Phi) is 3.73. The zero-order valence-electron chi connectivity index (χ0n) is 11.7. The summed E-state index contributed by atoms with van der Waals surface area (Å²) < 4.78 is 3.56. The standard InChI is InChI=1S/C14H24N3O/c1-4-14(5-2)6-8-16(9-7-14)13(18)17-11-10-15(3)12-17/h10-12H,4-9H2,1-3H3/q+1. The second-order valence-corrected chi connectivity index (χ2v) is 5.46. The zero-order valence-corrected chi connectivity index (χ0v) is 11.7. The monoisotopic (exact) mass is 250 g/mol. The van der Waals surface area contributed by atoms with Gasteiger partial charge >= 0.3 is 6.03 Å². The smallest absolute Gasteiger partial charge is 0.304 e. The van der Waals surface area contributed by atoms with Gasteiger partial charge in [-0.05, 0) is 18.3 Å². The number of nitrogens with zero attached hydrogens (tertiary/aromatic N) is 3. The van der Waals surface area contributed by atoms with Crippen LogP contribution in [0.3, 0.4) is 0 Å². The normalized spacial score (nSPS) is 18.9. The largest absolute Gasteiger partial charge is 0.415 e. The van der Waals surface area contributed by atoms with E-state index in [2.05, 4.69) is 13.8 Å². The highest BCUT2D eigenvalue weighted by Gasteiger charge is 2.34.